The van der Waals surface area contributed by atoms with Gasteiger partial charge >= 0.3 is 0 Å². The van der Waals surface area contributed by atoms with Gasteiger partial charge in [-0.3, -0.25) is 0 Å². The molecule has 0 aromatic carbocycles. The second kappa shape index (κ2) is 2.68. The Hall–Kier alpha value is -0.130. The van der Waals surface area contributed by atoms with E-state index in [2.05, 4.69) is 0 Å². The van der Waals surface area contributed by atoms with E-state index in [1.54, 1.807) is 0 Å². The summed E-state index contributed by atoms with van der Waals surface area (Å²) in [6.45, 7) is 1.19. The largest absolute Gasteiger partial charge is 0.347 e. The van der Waals surface area contributed by atoms with Crippen molar-refractivity contribution in [2.75, 3.05) is 24.7 Å². The molecule has 2 aliphatic heterocycles. The van der Waals surface area contributed by atoms with Crippen molar-refractivity contribution in [1.82, 2.24) is 0 Å². The zero-order valence-electron chi connectivity index (χ0n) is 6.78. The number of sulfone groups is 1. The standard InChI is InChI=1S/C7H12O4S/c8-12(9)5-1-7(2-6-12)10-3-4-11-7/h1-6H2. The SMILES string of the molecule is O=S1(=O)CCC2(CC1)OCCO2. The highest BCUT2D eigenvalue weighted by Crippen LogP contribution is 2.31. The van der Waals surface area contributed by atoms with E-state index in [1.165, 1.54) is 0 Å². The molecule has 0 aromatic heterocycles. The maximum Gasteiger partial charge on any atom is 0.170 e. The van der Waals surface area contributed by atoms with Gasteiger partial charge in [0.1, 0.15) is 0 Å². The molecule has 0 N–H and O–H groups in total. The van der Waals surface area contributed by atoms with E-state index in [4.69, 9.17) is 9.47 Å². The Labute approximate surface area is 71.8 Å². The minimum absolute atomic E-state index is 0.201. The van der Waals surface area contributed by atoms with E-state index in [9.17, 15) is 8.42 Å². The lowest BCUT2D eigenvalue weighted by atomic mass is 10.1. The molecule has 2 fully saturated rings. The smallest absolute Gasteiger partial charge is 0.170 e. The summed E-state index contributed by atoms with van der Waals surface area (Å²) >= 11 is 0. The zero-order chi connectivity index (χ0) is 8.66. The van der Waals surface area contributed by atoms with Gasteiger partial charge in [-0.05, 0) is 0 Å². The maximum absolute atomic E-state index is 11.1. The normalized spacial score (nSPS) is 32.3. The molecule has 0 amide bonds. The van der Waals surface area contributed by atoms with Gasteiger partial charge in [0.25, 0.3) is 0 Å². The van der Waals surface area contributed by atoms with Crippen LogP contribution in [-0.2, 0) is 19.3 Å². The van der Waals surface area contributed by atoms with Gasteiger partial charge in [0.15, 0.2) is 15.6 Å². The molecule has 0 radical (unpaired) electrons. The summed E-state index contributed by atoms with van der Waals surface area (Å²) in [6, 6.07) is 0. The van der Waals surface area contributed by atoms with Gasteiger partial charge in [0, 0.05) is 12.8 Å². The van der Waals surface area contributed by atoms with Crippen molar-refractivity contribution in [2.24, 2.45) is 0 Å². The fourth-order valence-corrected chi connectivity index (χ4v) is 3.08. The highest BCUT2D eigenvalue weighted by molar-refractivity contribution is 7.91. The fourth-order valence-electron chi connectivity index (χ4n) is 1.63. The van der Waals surface area contributed by atoms with Crippen LogP contribution < -0.4 is 0 Å². The van der Waals surface area contributed by atoms with Crippen LogP contribution in [0.15, 0.2) is 0 Å². The van der Waals surface area contributed by atoms with E-state index in [1.807, 2.05) is 0 Å². The molecule has 2 saturated heterocycles. The third-order valence-electron chi connectivity index (χ3n) is 2.40. The van der Waals surface area contributed by atoms with Gasteiger partial charge in [-0.2, -0.15) is 0 Å². The Morgan fingerprint density at radius 2 is 1.50 bits per heavy atom. The summed E-state index contributed by atoms with van der Waals surface area (Å²) in [5, 5.41) is 0. The number of ether oxygens (including phenoxy) is 2. The fraction of sp³-hybridized carbons (Fsp3) is 1.00. The molecule has 0 saturated carbocycles. The molecule has 70 valence electrons. The van der Waals surface area contributed by atoms with Crippen molar-refractivity contribution in [3.05, 3.63) is 0 Å². The molecular formula is C7H12O4S. The van der Waals surface area contributed by atoms with Crippen molar-refractivity contribution >= 4 is 9.84 Å². The van der Waals surface area contributed by atoms with Crippen molar-refractivity contribution < 1.29 is 17.9 Å². The third kappa shape index (κ3) is 1.48. The number of hydrogen-bond donors (Lipinski definition) is 0. The van der Waals surface area contributed by atoms with Crippen LogP contribution >= 0.6 is 0 Å². The Bertz CT molecular complexity index is 247. The van der Waals surface area contributed by atoms with Crippen LogP contribution in [0.2, 0.25) is 0 Å². The first-order chi connectivity index (χ1) is 5.62. The number of rotatable bonds is 0. The first-order valence-corrected chi connectivity index (χ1v) is 5.92. The lowest BCUT2D eigenvalue weighted by Gasteiger charge is -2.30. The van der Waals surface area contributed by atoms with Gasteiger partial charge in [-0.1, -0.05) is 0 Å². The van der Waals surface area contributed by atoms with Crippen LogP contribution in [0.25, 0.3) is 0 Å². The average molecular weight is 192 g/mol. The van der Waals surface area contributed by atoms with Gasteiger partial charge in [0.05, 0.1) is 24.7 Å². The van der Waals surface area contributed by atoms with Crippen LogP contribution in [0.3, 0.4) is 0 Å². The second-order valence-electron chi connectivity index (χ2n) is 3.26. The Balaban J connectivity index is 2.06. The van der Waals surface area contributed by atoms with E-state index >= 15 is 0 Å². The lowest BCUT2D eigenvalue weighted by molar-refractivity contribution is -0.161. The predicted molar refractivity (Wildman–Crippen MR) is 42.5 cm³/mol. The summed E-state index contributed by atoms with van der Waals surface area (Å²) < 4.78 is 32.9. The molecule has 0 bridgehead atoms. The minimum atomic E-state index is -2.81. The van der Waals surface area contributed by atoms with E-state index in [0.29, 0.717) is 26.1 Å². The Morgan fingerprint density at radius 3 is 2.00 bits per heavy atom. The molecule has 0 aromatic rings. The zero-order valence-corrected chi connectivity index (χ0v) is 7.60. The molecule has 2 aliphatic rings. The van der Waals surface area contributed by atoms with Crippen molar-refractivity contribution in [3.63, 3.8) is 0 Å². The molecule has 12 heavy (non-hydrogen) atoms. The second-order valence-corrected chi connectivity index (χ2v) is 5.56. The van der Waals surface area contributed by atoms with Crippen molar-refractivity contribution in [2.45, 2.75) is 18.6 Å². The highest BCUT2D eigenvalue weighted by Gasteiger charge is 2.41. The maximum atomic E-state index is 11.1. The quantitative estimate of drug-likeness (QED) is 0.539. The Kier molecular flexibility index (Phi) is 1.89. The highest BCUT2D eigenvalue weighted by atomic mass is 32.2. The molecule has 2 rings (SSSR count). The average Bonchev–Trinajstić information content (AvgIpc) is 2.46. The van der Waals surface area contributed by atoms with Crippen LogP contribution in [0.5, 0.6) is 0 Å². The van der Waals surface area contributed by atoms with Gasteiger partial charge in [-0.15, -0.1) is 0 Å². The summed E-state index contributed by atoms with van der Waals surface area (Å²) in [4.78, 5) is 0. The van der Waals surface area contributed by atoms with Crippen LogP contribution in [0, 0.1) is 0 Å². The monoisotopic (exact) mass is 192 g/mol. The summed E-state index contributed by atoms with van der Waals surface area (Å²) in [7, 11) is -2.81. The van der Waals surface area contributed by atoms with Gasteiger partial charge < -0.3 is 9.47 Å². The van der Waals surface area contributed by atoms with E-state index in [0.717, 1.165) is 0 Å². The third-order valence-corrected chi connectivity index (χ3v) is 4.05. The molecule has 2 heterocycles. The predicted octanol–water partition coefficient (Wildman–Crippen LogP) is -0.0619. The van der Waals surface area contributed by atoms with Gasteiger partial charge in [-0.25, -0.2) is 8.42 Å². The van der Waals surface area contributed by atoms with Crippen molar-refractivity contribution in [1.29, 1.82) is 0 Å². The summed E-state index contributed by atoms with van der Waals surface area (Å²) in [5.74, 6) is -0.147. The molecule has 0 unspecified atom stereocenters. The number of hydrogen-bond acceptors (Lipinski definition) is 4. The summed E-state index contributed by atoms with van der Waals surface area (Å²) in [5.41, 5.74) is 0. The van der Waals surface area contributed by atoms with Gasteiger partial charge in [0.2, 0.25) is 0 Å². The van der Waals surface area contributed by atoms with E-state index in [-0.39, 0.29) is 11.5 Å². The summed E-state index contributed by atoms with van der Waals surface area (Å²) in [6.07, 6.45) is 0.991. The molecular weight excluding hydrogens is 180 g/mol. The molecule has 4 nitrogen and oxygen atoms in total. The molecule has 1 spiro atoms. The van der Waals surface area contributed by atoms with Crippen LogP contribution in [0.4, 0.5) is 0 Å². The van der Waals surface area contributed by atoms with Crippen LogP contribution in [-0.4, -0.2) is 38.9 Å². The first kappa shape index (κ1) is 8.47. The molecule has 0 aliphatic carbocycles. The minimum Gasteiger partial charge on any atom is -0.347 e. The van der Waals surface area contributed by atoms with Crippen molar-refractivity contribution in [3.8, 4) is 0 Å². The van der Waals surface area contributed by atoms with Crippen LogP contribution in [0.1, 0.15) is 12.8 Å². The lowest BCUT2D eigenvalue weighted by Crippen LogP contribution is -2.40. The van der Waals surface area contributed by atoms with E-state index < -0.39 is 15.6 Å². The molecule has 5 heteroatoms. The molecule has 0 atom stereocenters. The topological polar surface area (TPSA) is 52.6 Å². The Morgan fingerprint density at radius 1 is 1.00 bits per heavy atom. The first-order valence-electron chi connectivity index (χ1n) is 4.10.